The maximum Gasteiger partial charge on any atom is 0.165 e. The van der Waals surface area contributed by atoms with Gasteiger partial charge in [0.15, 0.2) is 11.5 Å². The summed E-state index contributed by atoms with van der Waals surface area (Å²) >= 11 is 12.4. The molecule has 2 aromatic carbocycles. The highest BCUT2D eigenvalue weighted by Gasteiger charge is 2.28. The number of nitrogens with zero attached hydrogens (tertiary/aromatic N) is 1. The third-order valence-electron chi connectivity index (χ3n) is 4.50. The van der Waals surface area contributed by atoms with Crippen LogP contribution in [-0.2, 0) is 0 Å². The first kappa shape index (κ1) is 18.3. The number of ether oxygens (including phenoxy) is 2. The Morgan fingerprint density at radius 1 is 1.00 bits per heavy atom. The second-order valence-electron chi connectivity index (χ2n) is 5.94. The van der Waals surface area contributed by atoms with E-state index >= 15 is 0 Å². The van der Waals surface area contributed by atoms with Crippen LogP contribution in [0.4, 0.5) is 0 Å². The highest BCUT2D eigenvalue weighted by Crippen LogP contribution is 2.41. The summed E-state index contributed by atoms with van der Waals surface area (Å²) in [7, 11) is 3.33. The van der Waals surface area contributed by atoms with Gasteiger partial charge in [-0.15, -0.1) is 0 Å². The van der Waals surface area contributed by atoms with E-state index < -0.39 is 0 Å². The smallest absolute Gasteiger partial charge is 0.165 e. The standard InChI is InChI=1S/C19H22Cl2N2O2/c1-24-17-5-3-4-14(19(17)25-2)18(23-10-8-22-9-11-23)13-6-7-15(20)16(21)12-13/h3-7,12,18,22H,8-11H2,1-2H3. The molecule has 0 bridgehead atoms. The van der Waals surface area contributed by atoms with Crippen molar-refractivity contribution >= 4 is 23.2 Å². The fourth-order valence-corrected chi connectivity index (χ4v) is 3.64. The van der Waals surface area contributed by atoms with Crippen molar-refractivity contribution in [1.29, 1.82) is 0 Å². The lowest BCUT2D eigenvalue weighted by atomic mass is 9.95. The molecule has 0 spiro atoms. The predicted molar refractivity (Wildman–Crippen MR) is 102 cm³/mol. The molecule has 0 amide bonds. The van der Waals surface area contributed by atoms with Crippen LogP contribution in [0.1, 0.15) is 17.2 Å². The van der Waals surface area contributed by atoms with Gasteiger partial charge in [0.1, 0.15) is 0 Å². The first-order valence-corrected chi connectivity index (χ1v) is 9.02. The second kappa shape index (κ2) is 8.28. The highest BCUT2D eigenvalue weighted by molar-refractivity contribution is 6.42. The van der Waals surface area contributed by atoms with Crippen molar-refractivity contribution in [3.05, 3.63) is 57.6 Å². The van der Waals surface area contributed by atoms with Gasteiger partial charge in [-0.05, 0) is 23.8 Å². The minimum Gasteiger partial charge on any atom is -0.493 e. The van der Waals surface area contributed by atoms with Gasteiger partial charge in [-0.2, -0.15) is 0 Å². The first-order valence-electron chi connectivity index (χ1n) is 8.26. The molecule has 1 atom stereocenters. The van der Waals surface area contributed by atoms with Crippen molar-refractivity contribution in [3.63, 3.8) is 0 Å². The van der Waals surface area contributed by atoms with Crippen LogP contribution in [0.2, 0.25) is 10.0 Å². The van der Waals surface area contributed by atoms with E-state index in [0.717, 1.165) is 48.8 Å². The Morgan fingerprint density at radius 3 is 2.40 bits per heavy atom. The van der Waals surface area contributed by atoms with E-state index in [4.69, 9.17) is 32.7 Å². The van der Waals surface area contributed by atoms with E-state index in [0.29, 0.717) is 10.0 Å². The topological polar surface area (TPSA) is 33.7 Å². The molecule has 0 radical (unpaired) electrons. The zero-order valence-electron chi connectivity index (χ0n) is 14.4. The molecule has 1 saturated heterocycles. The van der Waals surface area contributed by atoms with Gasteiger partial charge in [0, 0.05) is 31.7 Å². The van der Waals surface area contributed by atoms with Gasteiger partial charge in [0.2, 0.25) is 0 Å². The van der Waals surface area contributed by atoms with Gasteiger partial charge in [-0.25, -0.2) is 0 Å². The molecule has 1 aliphatic rings. The Kier molecular flexibility index (Phi) is 6.07. The Morgan fingerprint density at radius 2 is 1.76 bits per heavy atom. The van der Waals surface area contributed by atoms with Crippen LogP contribution in [0.25, 0.3) is 0 Å². The molecule has 2 aromatic rings. The summed E-state index contributed by atoms with van der Waals surface area (Å²) in [5.41, 5.74) is 2.14. The molecule has 1 fully saturated rings. The summed E-state index contributed by atoms with van der Waals surface area (Å²) in [6, 6.07) is 11.8. The van der Waals surface area contributed by atoms with E-state index in [1.165, 1.54) is 0 Å². The SMILES string of the molecule is COc1cccc(C(c2ccc(Cl)c(Cl)c2)N2CCNCC2)c1OC. The average molecular weight is 381 g/mol. The summed E-state index contributed by atoms with van der Waals surface area (Å²) in [5.74, 6) is 1.47. The van der Waals surface area contributed by atoms with Crippen LogP contribution in [0.3, 0.4) is 0 Å². The van der Waals surface area contributed by atoms with E-state index in [9.17, 15) is 0 Å². The fraction of sp³-hybridized carbons (Fsp3) is 0.368. The number of hydrogen-bond acceptors (Lipinski definition) is 4. The minimum absolute atomic E-state index is 0.0157. The van der Waals surface area contributed by atoms with Crippen molar-refractivity contribution in [3.8, 4) is 11.5 Å². The molecular weight excluding hydrogens is 359 g/mol. The van der Waals surface area contributed by atoms with Crippen LogP contribution in [0, 0.1) is 0 Å². The Bertz CT molecular complexity index is 733. The maximum absolute atomic E-state index is 6.30. The molecule has 3 rings (SSSR count). The summed E-state index contributed by atoms with van der Waals surface area (Å²) in [5, 5.41) is 4.51. The number of rotatable bonds is 5. The van der Waals surface area contributed by atoms with Crippen molar-refractivity contribution < 1.29 is 9.47 Å². The molecule has 0 aliphatic carbocycles. The summed E-state index contributed by atoms with van der Waals surface area (Å²) < 4.78 is 11.2. The van der Waals surface area contributed by atoms with Crippen molar-refractivity contribution in [2.45, 2.75) is 6.04 Å². The monoisotopic (exact) mass is 380 g/mol. The van der Waals surface area contributed by atoms with Gasteiger partial charge in [-0.1, -0.05) is 41.4 Å². The summed E-state index contributed by atoms with van der Waals surface area (Å²) in [6.07, 6.45) is 0. The number of methoxy groups -OCH3 is 2. The molecule has 0 aromatic heterocycles. The fourth-order valence-electron chi connectivity index (χ4n) is 3.34. The molecule has 4 nitrogen and oxygen atoms in total. The number of benzene rings is 2. The number of nitrogens with one attached hydrogen (secondary N) is 1. The second-order valence-corrected chi connectivity index (χ2v) is 6.76. The minimum atomic E-state index is 0.0157. The van der Waals surface area contributed by atoms with Crippen LogP contribution in [-0.4, -0.2) is 45.3 Å². The normalized spacial score (nSPS) is 16.5. The van der Waals surface area contributed by atoms with Crippen LogP contribution >= 0.6 is 23.2 Å². The molecule has 1 unspecified atom stereocenters. The molecule has 1 heterocycles. The number of para-hydroxylation sites is 1. The molecule has 134 valence electrons. The largest absolute Gasteiger partial charge is 0.493 e. The third-order valence-corrected chi connectivity index (χ3v) is 5.24. The summed E-state index contributed by atoms with van der Waals surface area (Å²) in [4.78, 5) is 2.42. The molecule has 0 saturated carbocycles. The Hall–Kier alpha value is -1.46. The van der Waals surface area contributed by atoms with Crippen LogP contribution in [0.5, 0.6) is 11.5 Å². The van der Waals surface area contributed by atoms with E-state index in [2.05, 4.69) is 16.3 Å². The number of hydrogen-bond donors (Lipinski definition) is 1. The molecular formula is C19H22Cl2N2O2. The maximum atomic E-state index is 6.30. The van der Waals surface area contributed by atoms with Gasteiger partial charge in [0.25, 0.3) is 0 Å². The van der Waals surface area contributed by atoms with Crippen LogP contribution in [0.15, 0.2) is 36.4 Å². The molecule has 25 heavy (non-hydrogen) atoms. The van der Waals surface area contributed by atoms with E-state index in [1.807, 2.05) is 30.3 Å². The number of halogens is 2. The molecule has 6 heteroatoms. The first-order chi connectivity index (χ1) is 12.2. The van der Waals surface area contributed by atoms with E-state index in [-0.39, 0.29) is 6.04 Å². The lowest BCUT2D eigenvalue weighted by Gasteiger charge is -2.36. The van der Waals surface area contributed by atoms with Crippen LogP contribution < -0.4 is 14.8 Å². The third kappa shape index (κ3) is 3.87. The van der Waals surface area contributed by atoms with Gasteiger partial charge in [0.05, 0.1) is 30.3 Å². The Balaban J connectivity index is 2.12. The predicted octanol–water partition coefficient (Wildman–Crippen LogP) is 4.01. The van der Waals surface area contributed by atoms with Gasteiger partial charge < -0.3 is 14.8 Å². The lowest BCUT2D eigenvalue weighted by Crippen LogP contribution is -2.45. The zero-order valence-corrected chi connectivity index (χ0v) is 15.9. The average Bonchev–Trinajstić information content (AvgIpc) is 2.65. The number of piperazine rings is 1. The van der Waals surface area contributed by atoms with Crippen molar-refractivity contribution in [2.75, 3.05) is 40.4 Å². The molecule has 1 aliphatic heterocycles. The lowest BCUT2D eigenvalue weighted by molar-refractivity contribution is 0.194. The summed E-state index contributed by atoms with van der Waals surface area (Å²) in [6.45, 7) is 3.77. The van der Waals surface area contributed by atoms with Gasteiger partial charge >= 0.3 is 0 Å². The highest BCUT2D eigenvalue weighted by atomic mass is 35.5. The van der Waals surface area contributed by atoms with Gasteiger partial charge in [-0.3, -0.25) is 4.90 Å². The zero-order chi connectivity index (χ0) is 17.8. The molecule has 1 N–H and O–H groups in total. The van der Waals surface area contributed by atoms with Crippen molar-refractivity contribution in [2.24, 2.45) is 0 Å². The Labute approximate surface area is 158 Å². The van der Waals surface area contributed by atoms with E-state index in [1.54, 1.807) is 14.2 Å². The van der Waals surface area contributed by atoms with Crippen molar-refractivity contribution in [1.82, 2.24) is 10.2 Å². The quantitative estimate of drug-likeness (QED) is 0.849.